The number of hydrogen-bond acceptors (Lipinski definition) is 5. The van der Waals surface area contributed by atoms with Crippen LogP contribution in [0, 0.1) is 0 Å². The topological polar surface area (TPSA) is 80.3 Å². The summed E-state index contributed by atoms with van der Waals surface area (Å²) in [7, 11) is 0. The summed E-state index contributed by atoms with van der Waals surface area (Å²) in [6.07, 6.45) is 5.40. The first-order valence-electron chi connectivity index (χ1n) is 9.41. The molecule has 1 amide bonds. The Hall–Kier alpha value is -2.89. The van der Waals surface area contributed by atoms with Crippen LogP contribution in [0.1, 0.15) is 48.2 Å². The van der Waals surface area contributed by atoms with Crippen LogP contribution in [0.15, 0.2) is 36.5 Å². The number of rotatable bonds is 8. The van der Waals surface area contributed by atoms with E-state index in [2.05, 4.69) is 15.6 Å². The van der Waals surface area contributed by atoms with E-state index >= 15 is 0 Å². The maximum Gasteiger partial charge on any atom is 0.340 e. The van der Waals surface area contributed by atoms with Crippen LogP contribution in [-0.4, -0.2) is 29.5 Å². The lowest BCUT2D eigenvalue weighted by Gasteiger charge is -2.14. The lowest BCUT2D eigenvalue weighted by molar-refractivity contribution is -0.119. The molecule has 0 bridgehead atoms. The summed E-state index contributed by atoms with van der Waals surface area (Å²) in [6, 6.07) is 9.87. The Morgan fingerprint density at radius 3 is 2.37 bits per heavy atom. The summed E-state index contributed by atoms with van der Waals surface area (Å²) >= 11 is 0. The zero-order chi connectivity index (χ0) is 19.2. The Labute approximate surface area is 159 Å². The van der Waals surface area contributed by atoms with Crippen molar-refractivity contribution >= 4 is 23.4 Å². The van der Waals surface area contributed by atoms with Crippen molar-refractivity contribution in [2.45, 2.75) is 45.6 Å². The molecule has 0 atom stereocenters. The molecule has 1 fully saturated rings. The maximum atomic E-state index is 12.3. The van der Waals surface area contributed by atoms with Gasteiger partial charge in [-0.2, -0.15) is 0 Å². The second kappa shape index (κ2) is 8.66. The van der Waals surface area contributed by atoms with Crippen LogP contribution < -0.4 is 10.6 Å². The number of pyridine rings is 1. The monoisotopic (exact) mass is 367 g/mol. The maximum absolute atomic E-state index is 12.3. The average molecular weight is 367 g/mol. The van der Waals surface area contributed by atoms with Gasteiger partial charge in [0.15, 0.2) is 6.61 Å². The number of amides is 1. The summed E-state index contributed by atoms with van der Waals surface area (Å²) in [5, 5.41) is 6.14. The third-order valence-electron chi connectivity index (χ3n) is 4.53. The van der Waals surface area contributed by atoms with Crippen LogP contribution in [-0.2, 0) is 22.4 Å². The van der Waals surface area contributed by atoms with E-state index in [4.69, 9.17) is 4.74 Å². The molecule has 142 valence electrons. The van der Waals surface area contributed by atoms with Gasteiger partial charge < -0.3 is 15.4 Å². The van der Waals surface area contributed by atoms with Gasteiger partial charge in [0.25, 0.3) is 5.91 Å². The highest BCUT2D eigenvalue weighted by Gasteiger charge is 2.21. The molecule has 1 heterocycles. The van der Waals surface area contributed by atoms with Crippen LogP contribution in [0.3, 0.4) is 0 Å². The number of para-hydroxylation sites is 1. The predicted molar refractivity (Wildman–Crippen MR) is 105 cm³/mol. The fourth-order valence-corrected chi connectivity index (χ4v) is 2.83. The van der Waals surface area contributed by atoms with Gasteiger partial charge in [-0.3, -0.25) is 4.79 Å². The lowest BCUT2D eigenvalue weighted by atomic mass is 10.0. The highest BCUT2D eigenvalue weighted by atomic mass is 16.5. The number of nitrogens with zero attached hydrogens (tertiary/aromatic N) is 1. The van der Waals surface area contributed by atoms with E-state index < -0.39 is 5.97 Å². The van der Waals surface area contributed by atoms with E-state index in [1.165, 1.54) is 6.20 Å². The summed E-state index contributed by atoms with van der Waals surface area (Å²) in [5.74, 6) is -0.163. The van der Waals surface area contributed by atoms with Gasteiger partial charge in [0.05, 0.1) is 5.56 Å². The zero-order valence-corrected chi connectivity index (χ0v) is 15.7. The average Bonchev–Trinajstić information content (AvgIpc) is 3.51. The molecule has 0 saturated heterocycles. The van der Waals surface area contributed by atoms with Crippen molar-refractivity contribution in [3.05, 3.63) is 53.2 Å². The molecular weight excluding hydrogens is 342 g/mol. The molecule has 0 radical (unpaired) electrons. The number of esters is 1. The Kier molecular flexibility index (Phi) is 6.06. The highest BCUT2D eigenvalue weighted by Crippen LogP contribution is 2.24. The molecule has 1 saturated carbocycles. The Bertz CT molecular complexity index is 792. The quantitative estimate of drug-likeness (QED) is 0.697. The van der Waals surface area contributed by atoms with Crippen molar-refractivity contribution in [3.8, 4) is 0 Å². The zero-order valence-electron chi connectivity index (χ0n) is 15.7. The molecule has 6 heteroatoms. The van der Waals surface area contributed by atoms with E-state index in [9.17, 15) is 9.59 Å². The fraction of sp³-hybridized carbons (Fsp3) is 0.381. The van der Waals surface area contributed by atoms with Crippen LogP contribution in [0.25, 0.3) is 0 Å². The molecule has 1 aliphatic carbocycles. The number of hydrogen-bond donors (Lipinski definition) is 2. The number of aromatic nitrogens is 1. The Morgan fingerprint density at radius 2 is 1.81 bits per heavy atom. The minimum absolute atomic E-state index is 0.326. The van der Waals surface area contributed by atoms with E-state index in [1.54, 1.807) is 12.1 Å². The second-order valence-electron chi connectivity index (χ2n) is 6.63. The smallest absolute Gasteiger partial charge is 0.340 e. The number of anilines is 2. The SMILES string of the molecule is CCc1cccc(CC)c1NC(=O)COC(=O)c1ccc(NC2CC2)nc1. The first kappa shape index (κ1) is 18.9. The molecule has 1 aromatic carbocycles. The third-order valence-corrected chi connectivity index (χ3v) is 4.53. The van der Waals surface area contributed by atoms with Crippen LogP contribution in [0.4, 0.5) is 11.5 Å². The van der Waals surface area contributed by atoms with Gasteiger partial charge in [0.1, 0.15) is 5.82 Å². The molecule has 0 aliphatic heterocycles. The molecule has 0 unspecified atom stereocenters. The van der Waals surface area contributed by atoms with Gasteiger partial charge in [-0.25, -0.2) is 9.78 Å². The number of carbonyl (C=O) groups excluding carboxylic acids is 2. The standard InChI is InChI=1S/C21H25N3O3/c1-3-14-6-5-7-15(4-2)20(14)24-19(25)13-27-21(26)16-8-11-18(22-12-16)23-17-9-10-17/h5-8,11-12,17H,3-4,9-10,13H2,1-2H3,(H,22,23)(H,24,25). The second-order valence-corrected chi connectivity index (χ2v) is 6.63. The number of benzene rings is 1. The number of ether oxygens (including phenoxy) is 1. The van der Waals surface area contributed by atoms with Gasteiger partial charge in [0, 0.05) is 17.9 Å². The number of aryl methyl sites for hydroxylation is 2. The van der Waals surface area contributed by atoms with E-state index in [0.29, 0.717) is 11.6 Å². The largest absolute Gasteiger partial charge is 0.452 e. The van der Waals surface area contributed by atoms with Crippen LogP contribution in [0.5, 0.6) is 0 Å². The minimum atomic E-state index is -0.560. The van der Waals surface area contributed by atoms with Crippen molar-refractivity contribution < 1.29 is 14.3 Å². The Balaban J connectivity index is 1.55. The minimum Gasteiger partial charge on any atom is -0.452 e. The highest BCUT2D eigenvalue weighted by molar-refractivity contribution is 5.96. The molecule has 6 nitrogen and oxygen atoms in total. The first-order valence-corrected chi connectivity index (χ1v) is 9.41. The Morgan fingerprint density at radius 1 is 1.11 bits per heavy atom. The predicted octanol–water partition coefficient (Wildman–Crippen LogP) is 3.58. The molecule has 27 heavy (non-hydrogen) atoms. The van der Waals surface area contributed by atoms with Crippen molar-refractivity contribution in [2.24, 2.45) is 0 Å². The molecule has 2 aromatic rings. The summed E-state index contributed by atoms with van der Waals surface area (Å²) in [4.78, 5) is 28.6. The van der Waals surface area contributed by atoms with Gasteiger partial charge in [0.2, 0.25) is 0 Å². The van der Waals surface area contributed by atoms with Gasteiger partial charge in [-0.05, 0) is 48.9 Å². The first-order chi connectivity index (χ1) is 13.1. The van der Waals surface area contributed by atoms with Gasteiger partial charge in [-0.15, -0.1) is 0 Å². The lowest BCUT2D eigenvalue weighted by Crippen LogP contribution is -2.22. The number of nitrogens with one attached hydrogen (secondary N) is 2. The van der Waals surface area contributed by atoms with E-state index in [0.717, 1.165) is 48.3 Å². The fourth-order valence-electron chi connectivity index (χ4n) is 2.83. The van der Waals surface area contributed by atoms with Gasteiger partial charge in [-0.1, -0.05) is 32.0 Å². The van der Waals surface area contributed by atoms with E-state index in [-0.39, 0.29) is 12.5 Å². The van der Waals surface area contributed by atoms with Crippen molar-refractivity contribution in [2.75, 3.05) is 17.2 Å². The molecule has 0 spiro atoms. The van der Waals surface area contributed by atoms with E-state index in [1.807, 2.05) is 32.0 Å². The molecule has 2 N–H and O–H groups in total. The summed E-state index contributed by atoms with van der Waals surface area (Å²) < 4.78 is 5.13. The van der Waals surface area contributed by atoms with Gasteiger partial charge >= 0.3 is 5.97 Å². The molecule has 1 aromatic heterocycles. The number of carbonyl (C=O) groups is 2. The van der Waals surface area contributed by atoms with Crippen LogP contribution in [0.2, 0.25) is 0 Å². The molecule has 3 rings (SSSR count). The summed E-state index contributed by atoms with van der Waals surface area (Å²) in [5.41, 5.74) is 3.28. The molecular formula is C21H25N3O3. The molecule has 1 aliphatic rings. The summed E-state index contributed by atoms with van der Waals surface area (Å²) in [6.45, 7) is 3.75. The van der Waals surface area contributed by atoms with Crippen molar-refractivity contribution in [1.82, 2.24) is 4.98 Å². The normalized spacial score (nSPS) is 13.1. The van der Waals surface area contributed by atoms with Crippen molar-refractivity contribution in [1.29, 1.82) is 0 Å². The van der Waals surface area contributed by atoms with Crippen molar-refractivity contribution in [3.63, 3.8) is 0 Å². The third kappa shape index (κ3) is 5.06. The van der Waals surface area contributed by atoms with Crippen LogP contribution >= 0.6 is 0 Å².